The summed E-state index contributed by atoms with van der Waals surface area (Å²) in [5.41, 5.74) is 2.61. The molecule has 0 bridgehead atoms. The van der Waals surface area contributed by atoms with Crippen LogP contribution in [0.2, 0.25) is 0 Å². The quantitative estimate of drug-likeness (QED) is 0.0272. The van der Waals surface area contributed by atoms with E-state index in [2.05, 4.69) is 51.2 Å². The van der Waals surface area contributed by atoms with Crippen LogP contribution in [-0.4, -0.2) is 129 Å². The number of nitrogens with one attached hydrogen (secondary N) is 4. The first-order valence-corrected chi connectivity index (χ1v) is 22.9. The maximum absolute atomic E-state index is 11.8. The summed E-state index contributed by atoms with van der Waals surface area (Å²) >= 11 is 0. The summed E-state index contributed by atoms with van der Waals surface area (Å²) in [5.74, 6) is 0.883. The largest absolute Gasteiger partial charge is 1.00 e. The summed E-state index contributed by atoms with van der Waals surface area (Å²) in [4.78, 5) is 28.5. The average Bonchev–Trinajstić information content (AvgIpc) is 3.27. The summed E-state index contributed by atoms with van der Waals surface area (Å²) < 4.78 is 69.8. The summed E-state index contributed by atoms with van der Waals surface area (Å²) in [6.07, 6.45) is 3.16. The average molecular weight is 991 g/mol. The predicted molar refractivity (Wildman–Crippen MR) is 247 cm³/mol. The van der Waals surface area contributed by atoms with Crippen LogP contribution in [0, 0.1) is 6.92 Å². The number of hydrogen-bond donors (Lipinski definition) is 8. The van der Waals surface area contributed by atoms with Crippen LogP contribution in [0.1, 0.15) is 18.1 Å². The van der Waals surface area contributed by atoms with Crippen LogP contribution in [-0.2, 0) is 20.2 Å². The summed E-state index contributed by atoms with van der Waals surface area (Å²) in [6, 6.07) is 27.0. The Morgan fingerprint density at radius 3 is 1.22 bits per heavy atom. The van der Waals surface area contributed by atoms with Gasteiger partial charge in [-0.1, -0.05) is 60.7 Å². The number of benzene rings is 4. The van der Waals surface area contributed by atoms with E-state index in [1.165, 1.54) is 37.3 Å². The van der Waals surface area contributed by atoms with Gasteiger partial charge in [-0.2, -0.15) is 29.9 Å². The second kappa shape index (κ2) is 27.9. The van der Waals surface area contributed by atoms with Gasteiger partial charge in [0.1, 0.15) is 20.2 Å². The van der Waals surface area contributed by atoms with Gasteiger partial charge in [0.05, 0.1) is 36.2 Å². The number of allylic oxidation sites excluding steroid dienone is 1. The maximum atomic E-state index is 11.8. The Morgan fingerprint density at radius 1 is 0.515 bits per heavy atom. The Balaban J connectivity index is 0.000000351. The maximum Gasteiger partial charge on any atom is 1.00 e. The number of nitrogens with zero attached hydrogens (tertiary/aromatic N) is 8. The Hall–Kier alpha value is -4.90. The Kier molecular flexibility index (Phi) is 23.6. The topological polar surface area (TPSA) is 327 Å². The third-order valence-corrected chi connectivity index (χ3v) is 10.8. The molecule has 0 aliphatic heterocycles. The number of para-hydroxylation sites is 2. The first kappa shape index (κ1) is 57.4. The minimum Gasteiger partial charge on any atom is -0.744 e. The molecule has 8 N–H and O–H groups in total. The molecule has 350 valence electrons. The predicted octanol–water partition coefficient (Wildman–Crippen LogP) is -2.54. The number of anilines is 10. The van der Waals surface area contributed by atoms with Crippen LogP contribution in [0.3, 0.4) is 0 Å². The number of aliphatic hydroxyl groups is 4. The van der Waals surface area contributed by atoms with E-state index in [0.29, 0.717) is 11.3 Å². The van der Waals surface area contributed by atoms with Crippen molar-refractivity contribution < 1.29 is 105 Å². The monoisotopic (exact) mass is 990 g/mol. The first-order valence-electron chi connectivity index (χ1n) is 20.1. The molecule has 6 aromatic rings. The molecular weight excluding hydrogens is 943 g/mol. The van der Waals surface area contributed by atoms with Crippen LogP contribution < -0.4 is 90.2 Å². The van der Waals surface area contributed by atoms with Gasteiger partial charge in [0, 0.05) is 48.9 Å². The fraction of sp³-hybridized carbons (Fsp3) is 0.238. The van der Waals surface area contributed by atoms with Crippen LogP contribution >= 0.6 is 0 Å². The van der Waals surface area contributed by atoms with E-state index in [4.69, 9.17) is 0 Å². The molecule has 0 spiro atoms. The van der Waals surface area contributed by atoms with Crippen LogP contribution in [0.15, 0.2) is 113 Å². The van der Waals surface area contributed by atoms with Crippen molar-refractivity contribution in [1.29, 1.82) is 0 Å². The minimum absolute atomic E-state index is 0. The van der Waals surface area contributed by atoms with E-state index in [1.807, 2.05) is 60.7 Å². The molecule has 0 atom stereocenters. The van der Waals surface area contributed by atoms with E-state index in [-0.39, 0.29) is 168 Å². The van der Waals surface area contributed by atoms with Crippen molar-refractivity contribution in [1.82, 2.24) is 29.9 Å². The normalized spacial score (nSPS) is 11.1. The van der Waals surface area contributed by atoms with Crippen molar-refractivity contribution in [3.63, 3.8) is 0 Å². The van der Waals surface area contributed by atoms with Gasteiger partial charge in [0.2, 0.25) is 35.7 Å². The Labute approximate surface area is 438 Å². The fourth-order valence-corrected chi connectivity index (χ4v) is 7.42. The molecule has 0 unspecified atom stereocenters. The molecular formula is C42H48N12Na2O10S2. The zero-order valence-corrected chi connectivity index (χ0v) is 43.3. The molecule has 0 saturated carbocycles. The summed E-state index contributed by atoms with van der Waals surface area (Å²) in [5, 5.41) is 49.4. The van der Waals surface area contributed by atoms with Crippen molar-refractivity contribution in [2.24, 2.45) is 0 Å². The molecule has 2 aromatic heterocycles. The molecule has 2 heterocycles. The number of rotatable bonds is 21. The molecule has 22 nitrogen and oxygen atoms in total. The zero-order chi connectivity index (χ0) is 47.7. The van der Waals surface area contributed by atoms with Crippen molar-refractivity contribution >= 4 is 84.8 Å². The molecule has 68 heavy (non-hydrogen) atoms. The molecule has 26 heteroatoms. The van der Waals surface area contributed by atoms with Crippen molar-refractivity contribution in [2.45, 2.75) is 23.6 Å². The van der Waals surface area contributed by atoms with Gasteiger partial charge in [0.15, 0.2) is 0 Å². The van der Waals surface area contributed by atoms with Gasteiger partial charge in [0.25, 0.3) is 0 Å². The standard InChI is InChI=1S/C22H26N6O5S.C20H24N6O5S.2Na/c1-2-6-16-9-10-18(15-19(16)34(31,32)33)24-21-25-20(23-17-7-4-3-5-8-17)26-22(27-21)28(11-13-29)12-14-30;1-14-7-8-16(13-17(14)32(29,30)31)22-19-23-18(21-15-5-3-2-4-6-15)24-20(25-19)26(9-11-27)10-12-28;;/h2-10,15,29-30H,11-14H2,1H3,(H,31,32,33)(H2,23,24,25,26,27);2-8,13,27-28H,9-12H2,1H3,(H,29,30,31)(H2,21,22,23,24,25);;/q;;2*+1/p-2. The second-order valence-corrected chi connectivity index (χ2v) is 16.5. The second-order valence-electron chi connectivity index (χ2n) is 13.8. The van der Waals surface area contributed by atoms with E-state index >= 15 is 0 Å². The van der Waals surface area contributed by atoms with Crippen molar-refractivity contribution in [2.75, 3.05) is 83.7 Å². The number of aromatic nitrogens is 6. The van der Waals surface area contributed by atoms with Gasteiger partial charge in [-0.15, -0.1) is 0 Å². The smallest absolute Gasteiger partial charge is 0.744 e. The minimum atomic E-state index is -4.73. The third kappa shape index (κ3) is 17.6. The molecule has 0 amide bonds. The molecule has 0 saturated heterocycles. The van der Waals surface area contributed by atoms with E-state index < -0.39 is 20.2 Å². The SMILES string of the molecule is CC=Cc1ccc(Nc2nc(Nc3ccccc3)nc(N(CCO)CCO)n2)cc1S(=O)(=O)[O-].Cc1ccc(Nc2nc(Nc3ccccc3)nc(N(CCO)CCO)n2)cc1S(=O)(=O)[O-].[Na+].[Na+]. The van der Waals surface area contributed by atoms with E-state index in [1.54, 1.807) is 34.9 Å². The van der Waals surface area contributed by atoms with Gasteiger partial charge in [-0.3, -0.25) is 0 Å². The first-order chi connectivity index (χ1) is 31.6. The fourth-order valence-electron chi connectivity index (χ4n) is 5.99. The van der Waals surface area contributed by atoms with Crippen molar-refractivity contribution in [3.8, 4) is 0 Å². The van der Waals surface area contributed by atoms with Crippen LogP contribution in [0.25, 0.3) is 6.08 Å². The van der Waals surface area contributed by atoms with Gasteiger partial charge >= 0.3 is 59.1 Å². The Bertz CT molecular complexity index is 2780. The van der Waals surface area contributed by atoms with Crippen molar-refractivity contribution in [3.05, 3.63) is 114 Å². The number of aryl methyl sites for hydroxylation is 1. The van der Waals surface area contributed by atoms with Crippen LogP contribution in [0.5, 0.6) is 0 Å². The molecule has 6 rings (SSSR count). The Morgan fingerprint density at radius 2 is 0.868 bits per heavy atom. The number of aliphatic hydroxyl groups excluding tert-OH is 4. The molecule has 0 aliphatic carbocycles. The molecule has 0 aliphatic rings. The van der Waals surface area contributed by atoms with Crippen LogP contribution in [0.4, 0.5) is 58.4 Å². The van der Waals surface area contributed by atoms with Gasteiger partial charge in [-0.25, -0.2) is 16.8 Å². The molecule has 4 aromatic carbocycles. The zero-order valence-electron chi connectivity index (χ0n) is 37.7. The summed E-state index contributed by atoms with van der Waals surface area (Å²) in [7, 11) is -9.38. The molecule has 0 fully saturated rings. The van der Waals surface area contributed by atoms with Gasteiger partial charge in [-0.05, 0) is 73.5 Å². The number of hydrogen-bond acceptors (Lipinski definition) is 22. The van der Waals surface area contributed by atoms with E-state index in [0.717, 1.165) is 11.4 Å². The van der Waals surface area contributed by atoms with E-state index in [9.17, 15) is 46.4 Å². The third-order valence-electron chi connectivity index (χ3n) is 8.95. The van der Waals surface area contributed by atoms with Gasteiger partial charge < -0.3 is 60.6 Å². The molecule has 0 radical (unpaired) electrons. The summed E-state index contributed by atoms with van der Waals surface area (Å²) in [6.45, 7) is 3.20.